The predicted molar refractivity (Wildman–Crippen MR) is 103 cm³/mol. The van der Waals surface area contributed by atoms with Gasteiger partial charge >= 0.3 is 5.97 Å². The van der Waals surface area contributed by atoms with Gasteiger partial charge < -0.3 is 14.6 Å². The van der Waals surface area contributed by atoms with E-state index in [-0.39, 0.29) is 0 Å². The van der Waals surface area contributed by atoms with E-state index in [1.807, 2.05) is 22.6 Å². The molecule has 0 unspecified atom stereocenters. The molecule has 0 aliphatic carbocycles. The number of aliphatic imine (C=N–C) groups is 1. The van der Waals surface area contributed by atoms with Crippen LogP contribution in [0.1, 0.15) is 5.56 Å². The Kier molecular flexibility index (Phi) is 6.70. The zero-order valence-corrected chi connectivity index (χ0v) is 16.1. The molecule has 0 saturated heterocycles. The number of ether oxygens (including phenoxy) is 2. The lowest BCUT2D eigenvalue weighted by Gasteiger charge is -2.12. The number of carboxylic acids is 1. The highest BCUT2D eigenvalue weighted by Gasteiger charge is 2.12. The van der Waals surface area contributed by atoms with E-state index in [4.69, 9.17) is 37.8 Å². The van der Waals surface area contributed by atoms with Gasteiger partial charge in [-0.05, 0) is 52.4 Å². The summed E-state index contributed by atoms with van der Waals surface area (Å²) in [6.07, 6.45) is 1.61. The van der Waals surface area contributed by atoms with Crippen LogP contribution in [-0.2, 0) is 4.79 Å². The normalized spacial score (nSPS) is 10.8. The lowest BCUT2D eigenvalue weighted by molar-refractivity contribution is -0.139. The highest BCUT2D eigenvalue weighted by Crippen LogP contribution is 2.34. The lowest BCUT2D eigenvalue weighted by Crippen LogP contribution is -2.11. The van der Waals surface area contributed by atoms with Crippen molar-refractivity contribution < 1.29 is 19.4 Å². The second kappa shape index (κ2) is 8.55. The summed E-state index contributed by atoms with van der Waals surface area (Å²) in [4.78, 5) is 15.0. The van der Waals surface area contributed by atoms with Gasteiger partial charge in [-0.25, -0.2) is 4.79 Å². The van der Waals surface area contributed by atoms with E-state index in [9.17, 15) is 4.79 Å². The van der Waals surface area contributed by atoms with Crippen LogP contribution in [-0.4, -0.2) is 31.0 Å². The summed E-state index contributed by atoms with van der Waals surface area (Å²) in [5, 5.41) is 9.53. The van der Waals surface area contributed by atoms with E-state index in [1.54, 1.807) is 36.5 Å². The molecule has 0 atom stereocenters. The highest BCUT2D eigenvalue weighted by atomic mass is 127. The van der Waals surface area contributed by atoms with Gasteiger partial charge in [-0.15, -0.1) is 0 Å². The van der Waals surface area contributed by atoms with Gasteiger partial charge in [0.2, 0.25) is 0 Å². The molecular weight excluding hydrogens is 468 g/mol. The van der Waals surface area contributed by atoms with Gasteiger partial charge in [0, 0.05) is 6.21 Å². The van der Waals surface area contributed by atoms with Crippen molar-refractivity contribution in [2.24, 2.45) is 4.99 Å². The summed E-state index contributed by atoms with van der Waals surface area (Å²) >= 11 is 14.1. The van der Waals surface area contributed by atoms with Crippen LogP contribution in [0.4, 0.5) is 5.69 Å². The number of methoxy groups -OCH3 is 1. The van der Waals surface area contributed by atoms with Crippen LogP contribution in [0.2, 0.25) is 10.0 Å². The Morgan fingerprint density at radius 1 is 1.38 bits per heavy atom. The van der Waals surface area contributed by atoms with Crippen LogP contribution in [0.5, 0.6) is 11.5 Å². The standard InChI is InChI=1S/C16H12Cl2INO4/c1-23-13-6-9(5-11(19)16(13)24-8-14(21)22)7-20-12-4-2-3-10(17)15(12)18/h2-7H,8H2,1H3,(H,21,22). The van der Waals surface area contributed by atoms with Crippen molar-refractivity contribution in [2.75, 3.05) is 13.7 Å². The number of carbonyl (C=O) groups is 1. The number of hydrogen-bond acceptors (Lipinski definition) is 4. The Hall–Kier alpha value is -1.51. The number of nitrogens with zero attached hydrogens (tertiary/aromatic N) is 1. The molecule has 0 heterocycles. The van der Waals surface area contributed by atoms with Crippen LogP contribution >= 0.6 is 45.8 Å². The van der Waals surface area contributed by atoms with E-state index in [1.165, 1.54) is 7.11 Å². The van der Waals surface area contributed by atoms with Crippen molar-refractivity contribution in [1.82, 2.24) is 0 Å². The van der Waals surface area contributed by atoms with Crippen molar-refractivity contribution >= 4 is 63.7 Å². The molecule has 24 heavy (non-hydrogen) atoms. The van der Waals surface area contributed by atoms with Gasteiger partial charge in [-0.1, -0.05) is 29.3 Å². The van der Waals surface area contributed by atoms with Crippen molar-refractivity contribution in [2.45, 2.75) is 0 Å². The topological polar surface area (TPSA) is 68.1 Å². The lowest BCUT2D eigenvalue weighted by atomic mass is 10.2. The molecule has 0 aliphatic heterocycles. The Morgan fingerprint density at radius 3 is 2.79 bits per heavy atom. The van der Waals surface area contributed by atoms with Crippen molar-refractivity contribution in [1.29, 1.82) is 0 Å². The molecule has 0 aliphatic rings. The number of halogens is 3. The molecule has 0 fully saturated rings. The maximum absolute atomic E-state index is 10.7. The van der Waals surface area contributed by atoms with Gasteiger partial charge in [-0.3, -0.25) is 4.99 Å². The Labute approximate surface area is 162 Å². The molecule has 0 bridgehead atoms. The number of rotatable bonds is 6. The number of carboxylic acid groups (broad SMARTS) is 1. The van der Waals surface area contributed by atoms with Crippen LogP contribution in [0.3, 0.4) is 0 Å². The molecular formula is C16H12Cl2INO4. The van der Waals surface area contributed by atoms with Gasteiger partial charge in [-0.2, -0.15) is 0 Å². The van der Waals surface area contributed by atoms with Crippen LogP contribution < -0.4 is 9.47 Å². The maximum atomic E-state index is 10.7. The van der Waals surface area contributed by atoms with Crippen LogP contribution in [0.25, 0.3) is 0 Å². The number of aliphatic carboxylic acids is 1. The largest absolute Gasteiger partial charge is 0.493 e. The Balaban J connectivity index is 2.31. The molecule has 0 radical (unpaired) electrons. The summed E-state index contributed by atoms with van der Waals surface area (Å²) in [5.74, 6) is -0.269. The third kappa shape index (κ3) is 4.75. The van der Waals surface area contributed by atoms with Gasteiger partial charge in [0.25, 0.3) is 0 Å². The first kappa shape index (κ1) is 18.8. The van der Waals surface area contributed by atoms with Crippen molar-refractivity contribution in [3.63, 3.8) is 0 Å². The molecule has 2 aromatic rings. The van der Waals surface area contributed by atoms with Gasteiger partial charge in [0.05, 0.1) is 26.4 Å². The second-order valence-electron chi connectivity index (χ2n) is 4.55. The van der Waals surface area contributed by atoms with E-state index >= 15 is 0 Å². The molecule has 2 rings (SSSR count). The SMILES string of the molecule is COc1cc(C=Nc2cccc(Cl)c2Cl)cc(I)c1OCC(=O)O. The Morgan fingerprint density at radius 2 is 2.12 bits per heavy atom. The number of benzene rings is 2. The minimum Gasteiger partial charge on any atom is -0.493 e. The fraction of sp³-hybridized carbons (Fsp3) is 0.125. The molecule has 0 aromatic heterocycles. The maximum Gasteiger partial charge on any atom is 0.341 e. The molecule has 0 spiro atoms. The summed E-state index contributed by atoms with van der Waals surface area (Å²) < 4.78 is 11.2. The van der Waals surface area contributed by atoms with Crippen LogP contribution in [0, 0.1) is 3.57 Å². The van der Waals surface area contributed by atoms with E-state index in [0.717, 1.165) is 5.56 Å². The molecule has 8 heteroatoms. The van der Waals surface area contributed by atoms with Gasteiger partial charge in [0.15, 0.2) is 18.1 Å². The molecule has 1 N–H and O–H groups in total. The van der Waals surface area contributed by atoms with Crippen molar-refractivity contribution in [3.8, 4) is 11.5 Å². The first-order valence-electron chi connectivity index (χ1n) is 6.62. The third-order valence-corrected chi connectivity index (χ3v) is 4.49. The third-order valence-electron chi connectivity index (χ3n) is 2.88. The molecule has 5 nitrogen and oxygen atoms in total. The summed E-state index contributed by atoms with van der Waals surface area (Å²) in [5.41, 5.74) is 1.29. The quantitative estimate of drug-likeness (QED) is 0.476. The first-order chi connectivity index (χ1) is 11.4. The minimum absolute atomic E-state index is 0.374. The zero-order chi connectivity index (χ0) is 17.7. The average Bonchev–Trinajstić information content (AvgIpc) is 2.54. The predicted octanol–water partition coefficient (Wildman–Crippen LogP) is 4.82. The van der Waals surface area contributed by atoms with Crippen molar-refractivity contribution in [3.05, 3.63) is 49.5 Å². The highest BCUT2D eigenvalue weighted by molar-refractivity contribution is 14.1. The fourth-order valence-corrected chi connectivity index (χ4v) is 2.95. The van der Waals surface area contributed by atoms with Gasteiger partial charge in [0.1, 0.15) is 0 Å². The zero-order valence-electron chi connectivity index (χ0n) is 12.4. The summed E-state index contributed by atoms with van der Waals surface area (Å²) in [6.45, 7) is -0.447. The Bertz CT molecular complexity index is 796. The minimum atomic E-state index is -1.06. The fourth-order valence-electron chi connectivity index (χ4n) is 1.82. The second-order valence-corrected chi connectivity index (χ2v) is 6.50. The molecule has 2 aromatic carbocycles. The van der Waals surface area contributed by atoms with E-state index < -0.39 is 12.6 Å². The molecule has 0 amide bonds. The average molecular weight is 480 g/mol. The molecule has 0 saturated carbocycles. The van der Waals surface area contributed by atoms with E-state index in [0.29, 0.717) is 30.8 Å². The van der Waals surface area contributed by atoms with E-state index in [2.05, 4.69) is 4.99 Å². The smallest absolute Gasteiger partial charge is 0.341 e. The molecule has 126 valence electrons. The summed E-state index contributed by atoms with van der Waals surface area (Å²) in [7, 11) is 1.48. The summed E-state index contributed by atoms with van der Waals surface area (Å²) in [6, 6.07) is 8.68. The number of hydrogen-bond donors (Lipinski definition) is 1. The van der Waals surface area contributed by atoms with Crippen LogP contribution in [0.15, 0.2) is 35.3 Å². The monoisotopic (exact) mass is 479 g/mol. The first-order valence-corrected chi connectivity index (χ1v) is 8.46.